The number of piperidine rings is 1. The summed E-state index contributed by atoms with van der Waals surface area (Å²) in [6.07, 6.45) is 5.94. The summed E-state index contributed by atoms with van der Waals surface area (Å²) in [6, 6.07) is 4.19. The Morgan fingerprint density at radius 3 is 3.03 bits per heavy atom. The van der Waals surface area contributed by atoms with E-state index < -0.39 is 0 Å². The molecular weight excluding hydrogens is 412 g/mol. The summed E-state index contributed by atoms with van der Waals surface area (Å²) in [5.74, 6) is 0.762. The Morgan fingerprint density at radius 1 is 1.35 bits per heavy atom. The third-order valence-corrected chi connectivity index (χ3v) is 7.03. The van der Waals surface area contributed by atoms with Crippen LogP contribution in [0.25, 0.3) is 0 Å². The Balaban J connectivity index is 1.31. The van der Waals surface area contributed by atoms with Gasteiger partial charge < -0.3 is 9.88 Å². The average Bonchev–Trinajstić information content (AvgIpc) is 3.45. The zero-order valence-electron chi connectivity index (χ0n) is 17.6. The first-order chi connectivity index (χ1) is 15.1. The zero-order chi connectivity index (χ0) is 21.4. The number of carbonyl (C=O) groups is 1. The van der Waals surface area contributed by atoms with E-state index in [2.05, 4.69) is 32.5 Å². The minimum Gasteiger partial charge on any atom is -0.338 e. The second-order valence-corrected chi connectivity index (χ2v) is 9.44. The number of nitrogens with zero attached hydrogens (tertiary/aromatic N) is 5. The number of aryl methyl sites for hydroxylation is 1. The number of amides is 1. The summed E-state index contributed by atoms with van der Waals surface area (Å²) in [5.41, 5.74) is 2.26. The van der Waals surface area contributed by atoms with E-state index in [4.69, 9.17) is 4.98 Å². The van der Waals surface area contributed by atoms with E-state index in [0.717, 1.165) is 56.0 Å². The summed E-state index contributed by atoms with van der Waals surface area (Å²) < 4.78 is 1.64. The maximum Gasteiger partial charge on any atom is 0.257 e. The summed E-state index contributed by atoms with van der Waals surface area (Å²) in [7, 11) is 1.80. The van der Waals surface area contributed by atoms with E-state index >= 15 is 0 Å². The van der Waals surface area contributed by atoms with E-state index in [9.17, 15) is 9.59 Å². The van der Waals surface area contributed by atoms with Crippen molar-refractivity contribution in [3.63, 3.8) is 0 Å². The molecule has 0 unspecified atom stereocenters. The Kier molecular flexibility index (Phi) is 5.45. The maximum absolute atomic E-state index is 12.9. The molecule has 0 spiro atoms. The van der Waals surface area contributed by atoms with Gasteiger partial charge in [-0.1, -0.05) is 6.07 Å². The van der Waals surface area contributed by atoms with Crippen molar-refractivity contribution >= 4 is 17.2 Å². The number of hydrogen-bond acceptors (Lipinski definition) is 6. The summed E-state index contributed by atoms with van der Waals surface area (Å²) in [4.78, 5) is 39.1. The molecule has 1 saturated heterocycles. The molecule has 2 aliphatic heterocycles. The molecule has 8 nitrogen and oxygen atoms in total. The predicted octanol–water partition coefficient (Wildman–Crippen LogP) is 2.14. The van der Waals surface area contributed by atoms with E-state index in [0.29, 0.717) is 18.7 Å². The van der Waals surface area contributed by atoms with Crippen LogP contribution in [0, 0.1) is 0 Å². The number of rotatable bonds is 4. The normalized spacial score (nSPS) is 19.4. The van der Waals surface area contributed by atoms with Gasteiger partial charge >= 0.3 is 0 Å². The number of carbonyl (C=O) groups excluding carboxylic acids is 1. The van der Waals surface area contributed by atoms with Gasteiger partial charge in [-0.25, -0.2) is 4.98 Å². The molecule has 0 saturated carbocycles. The van der Waals surface area contributed by atoms with Gasteiger partial charge in [-0.3, -0.25) is 19.2 Å². The molecule has 162 valence electrons. The topological polar surface area (TPSA) is 87.1 Å². The van der Waals surface area contributed by atoms with E-state index in [1.165, 1.54) is 4.88 Å². The van der Waals surface area contributed by atoms with Crippen LogP contribution < -0.4 is 5.56 Å². The minimum absolute atomic E-state index is 0.0117. The highest BCUT2D eigenvalue weighted by Gasteiger charge is 2.29. The number of aromatic amines is 1. The van der Waals surface area contributed by atoms with Crippen LogP contribution in [0.1, 0.15) is 51.1 Å². The van der Waals surface area contributed by atoms with Crippen LogP contribution in [0.2, 0.25) is 0 Å². The molecule has 0 radical (unpaired) electrons. The number of aromatic nitrogens is 4. The number of H-pyrrole nitrogens is 1. The fraction of sp³-hybridized carbons (Fsp3) is 0.455. The first-order valence-corrected chi connectivity index (χ1v) is 11.6. The minimum atomic E-state index is -0.0356. The Hall–Kier alpha value is -2.78. The van der Waals surface area contributed by atoms with E-state index in [-0.39, 0.29) is 17.4 Å². The second kappa shape index (κ2) is 8.39. The first-order valence-electron chi connectivity index (χ1n) is 10.7. The molecule has 1 amide bonds. The molecular formula is C22H26N6O2S. The highest BCUT2D eigenvalue weighted by Crippen LogP contribution is 2.26. The maximum atomic E-state index is 12.9. The number of fused-ring (bicyclic) bond motifs is 1. The van der Waals surface area contributed by atoms with Gasteiger partial charge in [0.25, 0.3) is 11.5 Å². The lowest BCUT2D eigenvalue weighted by atomic mass is 9.96. The molecule has 0 aromatic carbocycles. The molecule has 1 N–H and O–H groups in total. The van der Waals surface area contributed by atoms with Crippen LogP contribution in [0.5, 0.6) is 0 Å². The average molecular weight is 439 g/mol. The van der Waals surface area contributed by atoms with Crippen molar-refractivity contribution in [3.8, 4) is 0 Å². The van der Waals surface area contributed by atoms with Gasteiger partial charge in [0.2, 0.25) is 0 Å². The van der Waals surface area contributed by atoms with Gasteiger partial charge in [0.15, 0.2) is 0 Å². The molecule has 31 heavy (non-hydrogen) atoms. The smallest absolute Gasteiger partial charge is 0.257 e. The van der Waals surface area contributed by atoms with E-state index in [1.54, 1.807) is 35.5 Å². The van der Waals surface area contributed by atoms with Crippen molar-refractivity contribution in [2.75, 3.05) is 19.6 Å². The van der Waals surface area contributed by atoms with Crippen LogP contribution in [0.15, 0.2) is 34.7 Å². The molecule has 5 heterocycles. The standard InChI is InChI=1S/C22H26N6O2S/c1-26-11-16(10-23-26)22(30)28-7-2-4-15(12-28)20-24-19-6-8-27(13-17-5-3-9-31-17)14-18(19)21(29)25-20/h3,5,9-11,15H,2,4,6-8,12-14H2,1H3,(H,24,25,29)/t15-/m1/s1. The van der Waals surface area contributed by atoms with Gasteiger partial charge in [-0.15, -0.1) is 11.3 Å². The van der Waals surface area contributed by atoms with Crippen molar-refractivity contribution < 1.29 is 4.79 Å². The van der Waals surface area contributed by atoms with Gasteiger partial charge in [0.1, 0.15) is 5.82 Å². The highest BCUT2D eigenvalue weighted by molar-refractivity contribution is 7.09. The van der Waals surface area contributed by atoms with Crippen LogP contribution in [0.3, 0.4) is 0 Å². The van der Waals surface area contributed by atoms with Crippen molar-refractivity contribution in [2.45, 2.75) is 38.3 Å². The third-order valence-electron chi connectivity index (χ3n) is 6.17. The van der Waals surface area contributed by atoms with Crippen molar-refractivity contribution in [3.05, 3.63) is 67.8 Å². The fourth-order valence-electron chi connectivity index (χ4n) is 4.55. The zero-order valence-corrected chi connectivity index (χ0v) is 18.4. The fourth-order valence-corrected chi connectivity index (χ4v) is 5.30. The molecule has 9 heteroatoms. The second-order valence-electron chi connectivity index (χ2n) is 8.41. The van der Waals surface area contributed by atoms with Crippen molar-refractivity contribution in [2.24, 2.45) is 7.05 Å². The van der Waals surface area contributed by atoms with Gasteiger partial charge in [0, 0.05) is 63.2 Å². The largest absolute Gasteiger partial charge is 0.338 e. The number of nitrogens with one attached hydrogen (secondary N) is 1. The van der Waals surface area contributed by atoms with Crippen molar-refractivity contribution in [1.29, 1.82) is 0 Å². The van der Waals surface area contributed by atoms with Crippen molar-refractivity contribution in [1.82, 2.24) is 29.5 Å². The lowest BCUT2D eigenvalue weighted by Crippen LogP contribution is -2.41. The molecule has 3 aromatic heterocycles. The molecule has 2 aliphatic rings. The Bertz CT molecular complexity index is 1140. The molecule has 5 rings (SSSR count). The molecule has 0 aliphatic carbocycles. The molecule has 1 atom stereocenters. The monoisotopic (exact) mass is 438 g/mol. The summed E-state index contributed by atoms with van der Waals surface area (Å²) in [5, 5.41) is 6.19. The lowest BCUT2D eigenvalue weighted by molar-refractivity contribution is 0.0704. The van der Waals surface area contributed by atoms with Gasteiger partial charge in [-0.2, -0.15) is 5.10 Å². The predicted molar refractivity (Wildman–Crippen MR) is 118 cm³/mol. The Morgan fingerprint density at radius 2 is 2.26 bits per heavy atom. The van der Waals surface area contributed by atoms with Gasteiger partial charge in [0.05, 0.1) is 23.0 Å². The van der Waals surface area contributed by atoms with Crippen LogP contribution in [0.4, 0.5) is 0 Å². The molecule has 0 bridgehead atoms. The van der Waals surface area contributed by atoms with Crippen LogP contribution >= 0.6 is 11.3 Å². The third kappa shape index (κ3) is 4.20. The SMILES string of the molecule is Cn1cc(C(=O)N2CCC[C@@H](c3nc4c(c(=O)[nH]3)CN(Cc3cccs3)CC4)C2)cn1. The highest BCUT2D eigenvalue weighted by atomic mass is 32.1. The quantitative estimate of drug-likeness (QED) is 0.674. The van der Waals surface area contributed by atoms with Gasteiger partial charge in [-0.05, 0) is 24.3 Å². The molecule has 3 aromatic rings. The number of thiophene rings is 1. The van der Waals surface area contributed by atoms with Crippen LogP contribution in [-0.2, 0) is 26.6 Å². The Labute approximate surface area is 184 Å². The summed E-state index contributed by atoms with van der Waals surface area (Å²) >= 11 is 1.74. The van der Waals surface area contributed by atoms with E-state index in [1.807, 2.05) is 4.90 Å². The summed E-state index contributed by atoms with van der Waals surface area (Å²) in [6.45, 7) is 3.69. The first kappa shape index (κ1) is 20.1. The van der Waals surface area contributed by atoms with Crippen LogP contribution in [-0.4, -0.2) is 55.1 Å². The number of likely N-dealkylation sites (tertiary alicyclic amines) is 1. The molecule has 1 fully saturated rings. The number of hydrogen-bond donors (Lipinski definition) is 1. The lowest BCUT2D eigenvalue weighted by Gasteiger charge is -2.33.